The highest BCUT2D eigenvalue weighted by molar-refractivity contribution is 5.82. The van der Waals surface area contributed by atoms with Crippen molar-refractivity contribution in [3.8, 4) is 0 Å². The minimum absolute atomic E-state index is 0.548. The summed E-state index contributed by atoms with van der Waals surface area (Å²) < 4.78 is 7.27. The van der Waals surface area contributed by atoms with E-state index >= 15 is 0 Å². The summed E-state index contributed by atoms with van der Waals surface area (Å²) in [5.74, 6) is 1.52. The molecule has 0 fully saturated rings. The standard InChI is InChI=1S/C16H14N6O/c1-2-6-17-12(4-1)9-22-11-21-14-15(19-10-20-16(14)22)18-8-13-5-3-7-23-13/h1-7,10-11H,8-9H2,(H,18,19,20). The van der Waals surface area contributed by atoms with E-state index in [0.717, 1.165) is 22.6 Å². The summed E-state index contributed by atoms with van der Waals surface area (Å²) in [7, 11) is 0. The molecule has 0 unspecified atom stereocenters. The van der Waals surface area contributed by atoms with Gasteiger partial charge in [-0.1, -0.05) is 6.07 Å². The molecule has 114 valence electrons. The molecule has 4 rings (SSSR count). The second kappa shape index (κ2) is 5.88. The van der Waals surface area contributed by atoms with E-state index < -0.39 is 0 Å². The first-order chi connectivity index (χ1) is 11.4. The number of nitrogens with one attached hydrogen (secondary N) is 1. The molecule has 0 aliphatic carbocycles. The molecule has 0 aliphatic heterocycles. The van der Waals surface area contributed by atoms with Gasteiger partial charge in [0.25, 0.3) is 0 Å². The van der Waals surface area contributed by atoms with Gasteiger partial charge < -0.3 is 14.3 Å². The van der Waals surface area contributed by atoms with E-state index in [9.17, 15) is 0 Å². The molecule has 0 amide bonds. The molecule has 23 heavy (non-hydrogen) atoms. The van der Waals surface area contributed by atoms with Crippen molar-refractivity contribution in [2.75, 3.05) is 5.32 Å². The van der Waals surface area contributed by atoms with Crippen molar-refractivity contribution in [3.63, 3.8) is 0 Å². The summed E-state index contributed by atoms with van der Waals surface area (Å²) in [6.07, 6.45) is 6.71. The highest BCUT2D eigenvalue weighted by Gasteiger charge is 2.10. The fourth-order valence-electron chi connectivity index (χ4n) is 2.38. The monoisotopic (exact) mass is 306 g/mol. The number of pyridine rings is 1. The normalized spacial score (nSPS) is 11.0. The zero-order chi connectivity index (χ0) is 15.5. The maximum absolute atomic E-state index is 5.31. The van der Waals surface area contributed by atoms with Gasteiger partial charge in [0.1, 0.15) is 17.6 Å². The predicted octanol–water partition coefficient (Wildman–Crippen LogP) is 2.47. The van der Waals surface area contributed by atoms with Crippen LogP contribution in [0.3, 0.4) is 0 Å². The fourth-order valence-corrected chi connectivity index (χ4v) is 2.38. The molecule has 4 aromatic heterocycles. The molecule has 4 heterocycles. The Morgan fingerprint density at radius 1 is 1.04 bits per heavy atom. The number of aromatic nitrogens is 5. The van der Waals surface area contributed by atoms with Crippen molar-refractivity contribution in [1.82, 2.24) is 24.5 Å². The molecule has 0 saturated heterocycles. The van der Waals surface area contributed by atoms with E-state index in [4.69, 9.17) is 4.42 Å². The highest BCUT2D eigenvalue weighted by Crippen LogP contribution is 2.18. The van der Waals surface area contributed by atoms with E-state index in [1.54, 1.807) is 18.8 Å². The van der Waals surface area contributed by atoms with E-state index in [1.165, 1.54) is 6.33 Å². The van der Waals surface area contributed by atoms with Crippen molar-refractivity contribution in [2.45, 2.75) is 13.1 Å². The lowest BCUT2D eigenvalue weighted by Crippen LogP contribution is -2.04. The van der Waals surface area contributed by atoms with Crippen LogP contribution in [0.2, 0.25) is 0 Å². The minimum atomic E-state index is 0.548. The van der Waals surface area contributed by atoms with Crippen LogP contribution in [-0.4, -0.2) is 24.5 Å². The fraction of sp³-hybridized carbons (Fsp3) is 0.125. The van der Waals surface area contributed by atoms with Gasteiger partial charge >= 0.3 is 0 Å². The predicted molar refractivity (Wildman–Crippen MR) is 84.7 cm³/mol. The zero-order valence-electron chi connectivity index (χ0n) is 12.3. The van der Waals surface area contributed by atoms with Crippen LogP contribution in [-0.2, 0) is 13.1 Å². The molecule has 0 aliphatic rings. The van der Waals surface area contributed by atoms with Crippen LogP contribution in [0.5, 0.6) is 0 Å². The summed E-state index contributed by atoms with van der Waals surface area (Å²) in [6.45, 7) is 1.16. The maximum atomic E-state index is 5.31. The van der Waals surface area contributed by atoms with Crippen LogP contribution >= 0.6 is 0 Å². The Balaban J connectivity index is 1.61. The van der Waals surface area contributed by atoms with Gasteiger partial charge in [-0.15, -0.1) is 0 Å². The first-order valence-electron chi connectivity index (χ1n) is 7.22. The highest BCUT2D eigenvalue weighted by atomic mass is 16.3. The number of anilines is 1. The van der Waals surface area contributed by atoms with Gasteiger partial charge in [0.15, 0.2) is 11.5 Å². The summed E-state index contributed by atoms with van der Waals surface area (Å²) >= 11 is 0. The van der Waals surface area contributed by atoms with Crippen molar-refractivity contribution in [1.29, 1.82) is 0 Å². The largest absolute Gasteiger partial charge is 0.467 e. The van der Waals surface area contributed by atoms with E-state index in [2.05, 4.69) is 25.3 Å². The van der Waals surface area contributed by atoms with Crippen LogP contribution in [0.1, 0.15) is 11.5 Å². The Kier molecular flexibility index (Phi) is 3.44. The van der Waals surface area contributed by atoms with E-state index in [-0.39, 0.29) is 0 Å². The molecule has 4 aromatic rings. The first kappa shape index (κ1) is 13.4. The molecule has 0 atom stereocenters. The van der Waals surface area contributed by atoms with Gasteiger partial charge in [-0.05, 0) is 24.3 Å². The first-order valence-corrected chi connectivity index (χ1v) is 7.22. The molecule has 1 N–H and O–H groups in total. The molecule has 7 heteroatoms. The van der Waals surface area contributed by atoms with E-state index in [1.807, 2.05) is 34.9 Å². The van der Waals surface area contributed by atoms with E-state index in [0.29, 0.717) is 18.9 Å². The molecule has 0 aromatic carbocycles. The Morgan fingerprint density at radius 2 is 2.04 bits per heavy atom. The van der Waals surface area contributed by atoms with Crippen LogP contribution in [0.15, 0.2) is 59.9 Å². The third kappa shape index (κ3) is 2.76. The van der Waals surface area contributed by atoms with Crippen molar-refractivity contribution in [2.24, 2.45) is 0 Å². The Hall–Kier alpha value is -3.22. The van der Waals surface area contributed by atoms with Crippen molar-refractivity contribution >= 4 is 17.0 Å². The van der Waals surface area contributed by atoms with Crippen LogP contribution in [0.25, 0.3) is 11.2 Å². The smallest absolute Gasteiger partial charge is 0.165 e. The summed E-state index contributed by atoms with van der Waals surface area (Å²) in [4.78, 5) is 17.4. The van der Waals surface area contributed by atoms with Crippen LogP contribution < -0.4 is 5.32 Å². The lowest BCUT2D eigenvalue weighted by Gasteiger charge is -2.05. The summed E-state index contributed by atoms with van der Waals surface area (Å²) in [6, 6.07) is 9.60. The lowest BCUT2D eigenvalue weighted by molar-refractivity contribution is 0.518. The van der Waals surface area contributed by atoms with Crippen molar-refractivity contribution in [3.05, 3.63) is 66.9 Å². The quantitative estimate of drug-likeness (QED) is 0.610. The number of nitrogens with zero attached hydrogens (tertiary/aromatic N) is 5. The average molecular weight is 306 g/mol. The van der Waals surface area contributed by atoms with Crippen molar-refractivity contribution < 1.29 is 4.42 Å². The number of fused-ring (bicyclic) bond motifs is 1. The van der Waals surface area contributed by atoms with Gasteiger partial charge in [0.05, 0.1) is 31.4 Å². The average Bonchev–Trinajstić information content (AvgIpc) is 3.24. The number of rotatable bonds is 5. The topological polar surface area (TPSA) is 81.7 Å². The molecule has 0 radical (unpaired) electrons. The summed E-state index contributed by atoms with van der Waals surface area (Å²) in [5.41, 5.74) is 2.46. The Bertz CT molecular complexity index is 901. The van der Waals surface area contributed by atoms with Gasteiger partial charge in [-0.25, -0.2) is 15.0 Å². The molecular weight excluding hydrogens is 292 g/mol. The zero-order valence-corrected chi connectivity index (χ0v) is 12.3. The molecule has 0 saturated carbocycles. The molecule has 0 spiro atoms. The summed E-state index contributed by atoms with van der Waals surface area (Å²) in [5, 5.41) is 3.23. The van der Waals surface area contributed by atoms with Gasteiger partial charge in [-0.3, -0.25) is 4.98 Å². The third-order valence-electron chi connectivity index (χ3n) is 3.47. The van der Waals surface area contributed by atoms with Gasteiger partial charge in [0, 0.05) is 6.20 Å². The van der Waals surface area contributed by atoms with Crippen LogP contribution in [0, 0.1) is 0 Å². The molecular formula is C16H14N6O. The third-order valence-corrected chi connectivity index (χ3v) is 3.47. The molecule has 7 nitrogen and oxygen atoms in total. The Morgan fingerprint density at radius 3 is 2.87 bits per heavy atom. The van der Waals surface area contributed by atoms with Gasteiger partial charge in [0.2, 0.25) is 0 Å². The Labute approximate surface area is 132 Å². The lowest BCUT2D eigenvalue weighted by atomic mass is 10.3. The number of furan rings is 1. The number of imidazole rings is 1. The number of hydrogen-bond acceptors (Lipinski definition) is 6. The SMILES string of the molecule is c1ccc(Cn2cnc3c(NCc4ccco4)ncnc32)nc1. The minimum Gasteiger partial charge on any atom is -0.467 e. The molecule has 0 bridgehead atoms. The maximum Gasteiger partial charge on any atom is 0.165 e. The second-order valence-corrected chi connectivity index (χ2v) is 5.02. The van der Waals surface area contributed by atoms with Crippen LogP contribution in [0.4, 0.5) is 5.82 Å². The van der Waals surface area contributed by atoms with Gasteiger partial charge in [-0.2, -0.15) is 0 Å². The second-order valence-electron chi connectivity index (χ2n) is 5.02. The number of hydrogen-bond donors (Lipinski definition) is 1.